The summed E-state index contributed by atoms with van der Waals surface area (Å²) in [5.74, 6) is 0.963. The number of halogens is 2. The van der Waals surface area contributed by atoms with E-state index in [1.165, 1.54) is 0 Å². The maximum atomic E-state index is 5.81. The third kappa shape index (κ3) is 6.43. The van der Waals surface area contributed by atoms with Crippen LogP contribution >= 0.6 is 24.8 Å². The molecule has 1 N–H and O–H groups in total. The number of nitrogens with one attached hydrogen (secondary N) is 1. The number of nitrogens with zero attached hydrogens (tertiary/aromatic N) is 1. The Morgan fingerprint density at radius 3 is 2.48 bits per heavy atom. The fraction of sp³-hybridized carbons (Fsp3) is 0.625. The van der Waals surface area contributed by atoms with E-state index in [1.807, 2.05) is 30.3 Å². The highest BCUT2D eigenvalue weighted by molar-refractivity contribution is 5.85. The number of benzene rings is 1. The lowest BCUT2D eigenvalue weighted by atomic mass is 9.84. The summed E-state index contributed by atoms with van der Waals surface area (Å²) < 4.78 is 5.81. The lowest BCUT2D eigenvalue weighted by molar-refractivity contribution is 0.0631. The summed E-state index contributed by atoms with van der Waals surface area (Å²) in [7, 11) is 0. The number of hydrogen-bond acceptors (Lipinski definition) is 3. The fourth-order valence-corrected chi connectivity index (χ4v) is 2.67. The van der Waals surface area contributed by atoms with Gasteiger partial charge in [-0.3, -0.25) is 4.90 Å². The number of hydrogen-bond donors (Lipinski definition) is 1. The van der Waals surface area contributed by atoms with Crippen molar-refractivity contribution in [1.29, 1.82) is 0 Å². The van der Waals surface area contributed by atoms with Crippen molar-refractivity contribution in [1.82, 2.24) is 10.2 Å². The van der Waals surface area contributed by atoms with Crippen molar-refractivity contribution in [3.63, 3.8) is 0 Å². The van der Waals surface area contributed by atoms with E-state index in [0.717, 1.165) is 38.5 Å². The Morgan fingerprint density at radius 2 is 1.86 bits per heavy atom. The number of piperazine rings is 1. The molecule has 0 aliphatic carbocycles. The van der Waals surface area contributed by atoms with Gasteiger partial charge in [0.05, 0.1) is 0 Å². The van der Waals surface area contributed by atoms with Gasteiger partial charge in [0, 0.05) is 32.2 Å². The van der Waals surface area contributed by atoms with Gasteiger partial charge in [-0.15, -0.1) is 24.8 Å². The minimum absolute atomic E-state index is 0. The van der Waals surface area contributed by atoms with E-state index >= 15 is 0 Å². The molecule has 0 bridgehead atoms. The van der Waals surface area contributed by atoms with Gasteiger partial charge in [-0.2, -0.15) is 0 Å². The Morgan fingerprint density at radius 1 is 1.19 bits per heavy atom. The van der Waals surface area contributed by atoms with Gasteiger partial charge < -0.3 is 10.1 Å². The molecule has 1 unspecified atom stereocenters. The summed E-state index contributed by atoms with van der Waals surface area (Å²) in [6.07, 6.45) is 0. The van der Waals surface area contributed by atoms with Crippen molar-refractivity contribution in [3.05, 3.63) is 30.3 Å². The molecule has 1 aromatic rings. The lowest BCUT2D eigenvalue weighted by Crippen LogP contribution is -2.57. The van der Waals surface area contributed by atoms with Crippen LogP contribution in [0, 0.1) is 5.41 Å². The second-order valence-electron chi connectivity index (χ2n) is 6.28. The molecule has 122 valence electrons. The SMILES string of the molecule is CC(C)(C)C1CNCCN1CCOc1ccccc1.Cl.Cl. The van der Waals surface area contributed by atoms with Gasteiger partial charge in [0.2, 0.25) is 0 Å². The van der Waals surface area contributed by atoms with Gasteiger partial charge in [-0.25, -0.2) is 0 Å². The largest absolute Gasteiger partial charge is 0.492 e. The second-order valence-corrected chi connectivity index (χ2v) is 6.28. The summed E-state index contributed by atoms with van der Waals surface area (Å²) in [5, 5.41) is 3.50. The van der Waals surface area contributed by atoms with Crippen molar-refractivity contribution in [2.75, 3.05) is 32.8 Å². The molecule has 3 nitrogen and oxygen atoms in total. The molecule has 1 saturated heterocycles. The van der Waals surface area contributed by atoms with E-state index in [4.69, 9.17) is 4.74 Å². The van der Waals surface area contributed by atoms with Crippen LogP contribution in [0.15, 0.2) is 30.3 Å². The average Bonchev–Trinajstić information content (AvgIpc) is 2.39. The van der Waals surface area contributed by atoms with E-state index in [9.17, 15) is 0 Å². The maximum absolute atomic E-state index is 5.81. The van der Waals surface area contributed by atoms with Gasteiger partial charge in [0.15, 0.2) is 0 Å². The summed E-state index contributed by atoms with van der Waals surface area (Å²) in [5.41, 5.74) is 0.306. The topological polar surface area (TPSA) is 24.5 Å². The molecule has 1 aromatic carbocycles. The minimum Gasteiger partial charge on any atom is -0.492 e. The van der Waals surface area contributed by atoms with E-state index in [1.54, 1.807) is 0 Å². The summed E-state index contributed by atoms with van der Waals surface area (Å²) in [6, 6.07) is 10.6. The average molecular weight is 335 g/mol. The number of ether oxygens (including phenoxy) is 1. The summed E-state index contributed by atoms with van der Waals surface area (Å²) in [4.78, 5) is 2.56. The molecule has 0 amide bonds. The van der Waals surface area contributed by atoms with Gasteiger partial charge in [0.1, 0.15) is 12.4 Å². The maximum Gasteiger partial charge on any atom is 0.119 e. The first-order chi connectivity index (χ1) is 9.07. The van der Waals surface area contributed by atoms with Gasteiger partial charge in [-0.1, -0.05) is 39.0 Å². The van der Waals surface area contributed by atoms with Crippen LogP contribution in [0.3, 0.4) is 0 Å². The number of rotatable bonds is 4. The van der Waals surface area contributed by atoms with E-state index in [-0.39, 0.29) is 24.8 Å². The Kier molecular flexibility index (Phi) is 9.30. The Hall–Kier alpha value is -0.480. The third-order valence-corrected chi connectivity index (χ3v) is 3.74. The van der Waals surface area contributed by atoms with Crippen LogP contribution in [-0.2, 0) is 0 Å². The molecule has 0 spiro atoms. The smallest absolute Gasteiger partial charge is 0.119 e. The summed E-state index contributed by atoms with van der Waals surface area (Å²) in [6.45, 7) is 12.0. The predicted molar refractivity (Wildman–Crippen MR) is 94.1 cm³/mol. The fourth-order valence-electron chi connectivity index (χ4n) is 2.67. The molecule has 0 aromatic heterocycles. The number of para-hydroxylation sites is 1. The molecule has 0 saturated carbocycles. The van der Waals surface area contributed by atoms with Crippen LogP contribution in [-0.4, -0.2) is 43.7 Å². The van der Waals surface area contributed by atoms with Crippen molar-refractivity contribution in [2.24, 2.45) is 5.41 Å². The van der Waals surface area contributed by atoms with Crippen molar-refractivity contribution >= 4 is 24.8 Å². The first-order valence-corrected chi connectivity index (χ1v) is 7.20. The first-order valence-electron chi connectivity index (χ1n) is 7.20. The van der Waals surface area contributed by atoms with Gasteiger partial charge in [-0.05, 0) is 17.5 Å². The molecule has 5 heteroatoms. The Labute approximate surface area is 141 Å². The highest BCUT2D eigenvalue weighted by Crippen LogP contribution is 2.25. The van der Waals surface area contributed by atoms with Crippen LogP contribution in [0.4, 0.5) is 0 Å². The molecular weight excluding hydrogens is 307 g/mol. The normalized spacial score (nSPS) is 19.3. The van der Waals surface area contributed by atoms with Crippen molar-refractivity contribution in [2.45, 2.75) is 26.8 Å². The van der Waals surface area contributed by atoms with Crippen LogP contribution in [0.25, 0.3) is 0 Å². The molecule has 1 heterocycles. The molecule has 2 rings (SSSR count). The van der Waals surface area contributed by atoms with Crippen LogP contribution in [0.2, 0.25) is 0 Å². The molecule has 0 radical (unpaired) electrons. The zero-order valence-corrected chi connectivity index (χ0v) is 14.8. The van der Waals surface area contributed by atoms with E-state index in [2.05, 4.69) is 31.0 Å². The highest BCUT2D eigenvalue weighted by Gasteiger charge is 2.31. The molecule has 1 aliphatic heterocycles. The standard InChI is InChI=1S/C16H26N2O.2ClH/c1-16(2,3)15-13-17-9-10-18(15)11-12-19-14-7-5-4-6-8-14;;/h4-8,15,17H,9-13H2,1-3H3;2*1H. The van der Waals surface area contributed by atoms with Crippen LogP contribution in [0.5, 0.6) is 5.75 Å². The zero-order chi connectivity index (χ0) is 13.7. The third-order valence-electron chi connectivity index (χ3n) is 3.74. The predicted octanol–water partition coefficient (Wildman–Crippen LogP) is 3.23. The van der Waals surface area contributed by atoms with Crippen LogP contribution < -0.4 is 10.1 Å². The van der Waals surface area contributed by atoms with E-state index < -0.39 is 0 Å². The molecule has 1 fully saturated rings. The van der Waals surface area contributed by atoms with E-state index in [0.29, 0.717) is 11.5 Å². The van der Waals surface area contributed by atoms with Crippen LogP contribution in [0.1, 0.15) is 20.8 Å². The monoisotopic (exact) mass is 334 g/mol. The summed E-state index contributed by atoms with van der Waals surface area (Å²) >= 11 is 0. The minimum atomic E-state index is 0. The lowest BCUT2D eigenvalue weighted by Gasteiger charge is -2.43. The molecular formula is C16H28Cl2N2O. The molecule has 1 atom stereocenters. The van der Waals surface area contributed by atoms with Gasteiger partial charge in [0.25, 0.3) is 0 Å². The van der Waals surface area contributed by atoms with Gasteiger partial charge >= 0.3 is 0 Å². The first kappa shape index (κ1) is 20.5. The van der Waals surface area contributed by atoms with Crippen molar-refractivity contribution in [3.8, 4) is 5.75 Å². The molecule has 21 heavy (non-hydrogen) atoms. The second kappa shape index (κ2) is 9.52. The highest BCUT2D eigenvalue weighted by atomic mass is 35.5. The zero-order valence-electron chi connectivity index (χ0n) is 13.2. The molecule has 1 aliphatic rings. The Balaban J connectivity index is 0.00000200. The Bertz CT molecular complexity index is 382. The van der Waals surface area contributed by atoms with Crippen molar-refractivity contribution < 1.29 is 4.74 Å². The quantitative estimate of drug-likeness (QED) is 0.914.